The number of halogens is 2. The third-order valence-corrected chi connectivity index (χ3v) is 2.81. The lowest BCUT2D eigenvalue weighted by Crippen LogP contribution is -2.15. The van der Waals surface area contributed by atoms with Crippen molar-refractivity contribution in [3.63, 3.8) is 0 Å². The standard InChI is InChI=1S/C11H14F2NOP/c1-7(11(12,13)16)9-3-5-10(6-4-9)14-8(2)15/h3-7H,16H2,1-2H3,(H,14,15). The zero-order chi connectivity index (χ0) is 12.3. The second kappa shape index (κ2) is 4.88. The molecule has 2 nitrogen and oxygen atoms in total. The van der Waals surface area contributed by atoms with Crippen LogP contribution in [0.2, 0.25) is 0 Å². The van der Waals surface area contributed by atoms with Gasteiger partial charge in [-0.3, -0.25) is 4.79 Å². The van der Waals surface area contributed by atoms with Gasteiger partial charge in [0.05, 0.1) is 0 Å². The summed E-state index contributed by atoms with van der Waals surface area (Å²) in [7, 11) is 1.54. The molecule has 0 spiro atoms. The maximum atomic E-state index is 13.0. The largest absolute Gasteiger partial charge is 0.326 e. The number of carbonyl (C=O) groups excluding carboxylic acids is 1. The summed E-state index contributed by atoms with van der Waals surface area (Å²) >= 11 is 0. The Kier molecular flexibility index (Phi) is 3.98. The summed E-state index contributed by atoms with van der Waals surface area (Å²) in [6, 6.07) is 6.41. The van der Waals surface area contributed by atoms with E-state index in [9.17, 15) is 13.6 Å². The van der Waals surface area contributed by atoms with Gasteiger partial charge in [0.2, 0.25) is 5.91 Å². The number of hydrogen-bond donors (Lipinski definition) is 1. The summed E-state index contributed by atoms with van der Waals surface area (Å²) in [6.07, 6.45) is 0. The Balaban J connectivity index is 2.83. The summed E-state index contributed by atoms with van der Waals surface area (Å²) in [5.41, 5.74) is -1.68. The van der Waals surface area contributed by atoms with Gasteiger partial charge in [0, 0.05) is 18.5 Å². The van der Waals surface area contributed by atoms with Gasteiger partial charge in [0.25, 0.3) is 5.66 Å². The lowest BCUT2D eigenvalue weighted by molar-refractivity contribution is -0.114. The summed E-state index contributed by atoms with van der Waals surface area (Å²) in [6.45, 7) is 2.85. The van der Waals surface area contributed by atoms with E-state index < -0.39 is 11.6 Å². The maximum Gasteiger partial charge on any atom is 0.265 e. The first-order valence-electron chi connectivity index (χ1n) is 4.85. The van der Waals surface area contributed by atoms with Crippen molar-refractivity contribution in [1.82, 2.24) is 0 Å². The van der Waals surface area contributed by atoms with Gasteiger partial charge in [-0.25, -0.2) is 8.78 Å². The summed E-state index contributed by atoms with van der Waals surface area (Å²) in [5.74, 6) is -1.05. The van der Waals surface area contributed by atoms with Crippen LogP contribution in [-0.4, -0.2) is 11.6 Å². The first-order chi connectivity index (χ1) is 7.30. The number of amides is 1. The van der Waals surface area contributed by atoms with Crippen molar-refractivity contribution in [3.05, 3.63) is 29.8 Å². The van der Waals surface area contributed by atoms with E-state index in [0.717, 1.165) is 0 Å². The van der Waals surface area contributed by atoms with Crippen molar-refractivity contribution in [2.45, 2.75) is 25.4 Å². The molecule has 2 unspecified atom stereocenters. The number of anilines is 1. The normalized spacial score (nSPS) is 13.3. The average molecular weight is 245 g/mol. The van der Waals surface area contributed by atoms with Gasteiger partial charge in [0.1, 0.15) is 0 Å². The van der Waals surface area contributed by atoms with Crippen molar-refractivity contribution in [1.29, 1.82) is 0 Å². The van der Waals surface area contributed by atoms with Crippen LogP contribution in [-0.2, 0) is 4.79 Å². The van der Waals surface area contributed by atoms with Gasteiger partial charge in [-0.2, -0.15) is 0 Å². The highest BCUT2D eigenvalue weighted by atomic mass is 31.0. The molecule has 1 N–H and O–H groups in total. The van der Waals surface area contributed by atoms with Crippen LogP contribution in [0.15, 0.2) is 24.3 Å². The highest BCUT2D eigenvalue weighted by Crippen LogP contribution is 2.38. The Morgan fingerprint density at radius 3 is 2.25 bits per heavy atom. The van der Waals surface area contributed by atoms with Crippen LogP contribution < -0.4 is 5.32 Å². The Hall–Kier alpha value is -1.02. The minimum Gasteiger partial charge on any atom is -0.326 e. The third-order valence-electron chi connectivity index (χ3n) is 2.31. The van der Waals surface area contributed by atoms with Gasteiger partial charge < -0.3 is 5.32 Å². The summed E-state index contributed by atoms with van der Waals surface area (Å²) in [5, 5.41) is 2.58. The van der Waals surface area contributed by atoms with Crippen LogP contribution in [0.5, 0.6) is 0 Å². The molecule has 1 aromatic carbocycles. The molecule has 1 aromatic rings. The highest BCUT2D eigenvalue weighted by molar-refractivity contribution is 7.18. The van der Waals surface area contributed by atoms with E-state index in [4.69, 9.17) is 0 Å². The second-order valence-corrected chi connectivity index (χ2v) is 4.47. The van der Waals surface area contributed by atoms with Crippen LogP contribution in [0.25, 0.3) is 0 Å². The molecule has 16 heavy (non-hydrogen) atoms. The third kappa shape index (κ3) is 3.53. The quantitative estimate of drug-likeness (QED) is 0.814. The van der Waals surface area contributed by atoms with Crippen molar-refractivity contribution >= 4 is 20.8 Å². The van der Waals surface area contributed by atoms with E-state index >= 15 is 0 Å². The molecule has 0 aliphatic carbocycles. The average Bonchev–Trinajstić information content (AvgIpc) is 2.15. The van der Waals surface area contributed by atoms with Crippen LogP contribution in [0.4, 0.5) is 14.5 Å². The summed E-state index contributed by atoms with van der Waals surface area (Å²) in [4.78, 5) is 10.8. The molecule has 0 radical (unpaired) electrons. The highest BCUT2D eigenvalue weighted by Gasteiger charge is 2.31. The topological polar surface area (TPSA) is 29.1 Å². The fraction of sp³-hybridized carbons (Fsp3) is 0.364. The smallest absolute Gasteiger partial charge is 0.265 e. The molecule has 88 valence electrons. The predicted molar refractivity (Wildman–Crippen MR) is 63.8 cm³/mol. The van der Waals surface area contributed by atoms with E-state index in [0.29, 0.717) is 11.3 Å². The molecule has 0 aromatic heterocycles. The Bertz CT molecular complexity index is 373. The molecule has 1 amide bonds. The lowest BCUT2D eigenvalue weighted by atomic mass is 10.0. The number of rotatable bonds is 3. The molecule has 0 fully saturated rings. The summed E-state index contributed by atoms with van der Waals surface area (Å²) < 4.78 is 26.0. The van der Waals surface area contributed by atoms with Gasteiger partial charge in [-0.15, -0.1) is 0 Å². The molecule has 0 aliphatic rings. The molecule has 2 atom stereocenters. The number of benzene rings is 1. The molecule has 0 saturated heterocycles. The van der Waals surface area contributed by atoms with Gasteiger partial charge in [-0.05, 0) is 17.7 Å². The molecule has 0 aliphatic heterocycles. The Morgan fingerprint density at radius 2 is 1.88 bits per heavy atom. The Morgan fingerprint density at radius 1 is 1.38 bits per heavy atom. The Labute approximate surface area is 95.6 Å². The van der Waals surface area contributed by atoms with Crippen molar-refractivity contribution in [2.75, 3.05) is 5.32 Å². The van der Waals surface area contributed by atoms with Gasteiger partial charge in [0.15, 0.2) is 0 Å². The first kappa shape index (κ1) is 13.0. The molecule has 1 rings (SSSR count). The molecule has 0 heterocycles. The maximum absolute atomic E-state index is 13.0. The fourth-order valence-corrected chi connectivity index (χ4v) is 1.47. The van der Waals surface area contributed by atoms with Crippen molar-refractivity contribution < 1.29 is 13.6 Å². The van der Waals surface area contributed by atoms with E-state index in [1.165, 1.54) is 23.1 Å². The van der Waals surface area contributed by atoms with Crippen LogP contribution >= 0.6 is 9.24 Å². The van der Waals surface area contributed by atoms with Gasteiger partial charge in [-0.1, -0.05) is 28.3 Å². The van der Waals surface area contributed by atoms with Crippen LogP contribution in [0.3, 0.4) is 0 Å². The molecular weight excluding hydrogens is 231 g/mol. The zero-order valence-electron chi connectivity index (χ0n) is 9.13. The number of carbonyl (C=O) groups is 1. The molecule has 5 heteroatoms. The zero-order valence-corrected chi connectivity index (χ0v) is 10.3. The van der Waals surface area contributed by atoms with E-state index in [-0.39, 0.29) is 5.91 Å². The van der Waals surface area contributed by atoms with E-state index in [1.807, 2.05) is 0 Å². The first-order valence-corrected chi connectivity index (χ1v) is 5.42. The van der Waals surface area contributed by atoms with Gasteiger partial charge >= 0.3 is 0 Å². The SMILES string of the molecule is CC(=O)Nc1ccc(C(C)C(F)(F)P)cc1. The number of alkyl halides is 2. The molecular formula is C11H14F2NOP. The number of hydrogen-bond acceptors (Lipinski definition) is 1. The second-order valence-electron chi connectivity index (χ2n) is 3.70. The number of nitrogens with one attached hydrogen (secondary N) is 1. The van der Waals surface area contributed by atoms with Crippen molar-refractivity contribution in [2.24, 2.45) is 0 Å². The van der Waals surface area contributed by atoms with E-state index in [1.54, 1.807) is 24.3 Å². The van der Waals surface area contributed by atoms with Crippen LogP contribution in [0.1, 0.15) is 25.3 Å². The van der Waals surface area contributed by atoms with Crippen molar-refractivity contribution in [3.8, 4) is 0 Å². The minimum atomic E-state index is -2.82. The minimum absolute atomic E-state index is 0.183. The molecule has 0 saturated carbocycles. The van der Waals surface area contributed by atoms with Crippen LogP contribution in [0, 0.1) is 0 Å². The lowest BCUT2D eigenvalue weighted by Gasteiger charge is -2.19. The fourth-order valence-electron chi connectivity index (χ4n) is 1.28. The van der Waals surface area contributed by atoms with E-state index in [2.05, 4.69) is 5.32 Å². The monoisotopic (exact) mass is 245 g/mol. The predicted octanol–water partition coefficient (Wildman–Crippen LogP) is 3.22. The molecule has 0 bridgehead atoms.